The molecule has 0 radical (unpaired) electrons. The van der Waals surface area contributed by atoms with E-state index in [9.17, 15) is 4.79 Å². The van der Waals surface area contributed by atoms with Gasteiger partial charge in [0.25, 0.3) is 0 Å². The van der Waals surface area contributed by atoms with E-state index in [1.807, 2.05) is 24.3 Å². The number of hydrogen-bond donors (Lipinski definition) is 1. The summed E-state index contributed by atoms with van der Waals surface area (Å²) in [6.07, 6.45) is 2.70. The maximum absolute atomic E-state index is 11.0. The molecule has 0 aliphatic heterocycles. The average Bonchev–Trinajstić information content (AvgIpc) is 2.87. The highest BCUT2D eigenvalue weighted by atomic mass is 16.5. The largest absolute Gasteiger partial charge is 0.469 e. The highest BCUT2D eigenvalue weighted by Gasteiger charge is 2.05. The lowest BCUT2D eigenvalue weighted by atomic mass is 10.2. The van der Waals surface area contributed by atoms with E-state index in [0.717, 1.165) is 5.56 Å². The molecule has 19 heavy (non-hydrogen) atoms. The van der Waals surface area contributed by atoms with Gasteiger partial charge < -0.3 is 10.5 Å². The van der Waals surface area contributed by atoms with Crippen molar-refractivity contribution in [1.82, 2.24) is 14.8 Å². The SMILES string of the molecule is COC(=O)CCCn1cnc(-c2cccc(N)c2)n1. The molecule has 0 amide bonds. The number of nitrogen functional groups attached to an aromatic ring is 1. The molecule has 1 aromatic heterocycles. The molecule has 0 spiro atoms. The quantitative estimate of drug-likeness (QED) is 0.650. The van der Waals surface area contributed by atoms with Gasteiger partial charge in [-0.3, -0.25) is 9.48 Å². The van der Waals surface area contributed by atoms with Gasteiger partial charge in [-0.2, -0.15) is 5.10 Å². The maximum Gasteiger partial charge on any atom is 0.305 e. The highest BCUT2D eigenvalue weighted by Crippen LogP contribution is 2.16. The zero-order chi connectivity index (χ0) is 13.7. The zero-order valence-corrected chi connectivity index (χ0v) is 10.7. The molecule has 1 heterocycles. The fourth-order valence-electron chi connectivity index (χ4n) is 1.70. The summed E-state index contributed by atoms with van der Waals surface area (Å²) in [5, 5.41) is 4.34. The van der Waals surface area contributed by atoms with Crippen molar-refractivity contribution in [3.8, 4) is 11.4 Å². The third kappa shape index (κ3) is 3.54. The van der Waals surface area contributed by atoms with Crippen LogP contribution in [0.1, 0.15) is 12.8 Å². The molecule has 2 aromatic rings. The van der Waals surface area contributed by atoms with Gasteiger partial charge >= 0.3 is 5.97 Å². The smallest absolute Gasteiger partial charge is 0.305 e. The number of benzene rings is 1. The Morgan fingerprint density at radius 1 is 1.47 bits per heavy atom. The molecule has 0 unspecified atom stereocenters. The molecule has 0 saturated carbocycles. The van der Waals surface area contributed by atoms with Crippen molar-refractivity contribution in [3.63, 3.8) is 0 Å². The van der Waals surface area contributed by atoms with Crippen LogP contribution in [0.15, 0.2) is 30.6 Å². The highest BCUT2D eigenvalue weighted by molar-refractivity contribution is 5.69. The molecule has 2 rings (SSSR count). The Balaban J connectivity index is 1.97. The molecule has 0 aliphatic carbocycles. The number of nitrogens with two attached hydrogens (primary N) is 1. The van der Waals surface area contributed by atoms with Crippen molar-refractivity contribution in [1.29, 1.82) is 0 Å². The van der Waals surface area contributed by atoms with Crippen molar-refractivity contribution >= 4 is 11.7 Å². The lowest BCUT2D eigenvalue weighted by Gasteiger charge is -2.00. The van der Waals surface area contributed by atoms with Gasteiger partial charge in [0.2, 0.25) is 0 Å². The van der Waals surface area contributed by atoms with Crippen LogP contribution < -0.4 is 5.73 Å². The summed E-state index contributed by atoms with van der Waals surface area (Å²) >= 11 is 0. The molecule has 0 fully saturated rings. The van der Waals surface area contributed by atoms with E-state index < -0.39 is 0 Å². The Bertz CT molecular complexity index is 565. The summed E-state index contributed by atoms with van der Waals surface area (Å²) in [6, 6.07) is 7.41. The van der Waals surface area contributed by atoms with Gasteiger partial charge in [-0.25, -0.2) is 4.98 Å². The fraction of sp³-hybridized carbons (Fsp3) is 0.308. The van der Waals surface area contributed by atoms with E-state index in [2.05, 4.69) is 14.8 Å². The summed E-state index contributed by atoms with van der Waals surface area (Å²) in [5.74, 6) is 0.418. The van der Waals surface area contributed by atoms with Crippen molar-refractivity contribution < 1.29 is 9.53 Å². The van der Waals surface area contributed by atoms with E-state index in [1.54, 1.807) is 11.0 Å². The number of rotatable bonds is 5. The number of carbonyl (C=O) groups excluding carboxylic acids is 1. The summed E-state index contributed by atoms with van der Waals surface area (Å²) < 4.78 is 6.29. The molecule has 2 N–H and O–H groups in total. The minimum absolute atomic E-state index is 0.212. The van der Waals surface area contributed by atoms with E-state index in [-0.39, 0.29) is 5.97 Å². The Morgan fingerprint density at radius 3 is 3.05 bits per heavy atom. The van der Waals surface area contributed by atoms with Gasteiger partial charge in [-0.05, 0) is 18.6 Å². The Labute approximate surface area is 111 Å². The Morgan fingerprint density at radius 2 is 2.32 bits per heavy atom. The monoisotopic (exact) mass is 260 g/mol. The first-order valence-corrected chi connectivity index (χ1v) is 6.01. The molecular formula is C13H16N4O2. The van der Waals surface area contributed by atoms with Gasteiger partial charge in [0.1, 0.15) is 6.33 Å². The van der Waals surface area contributed by atoms with E-state index in [0.29, 0.717) is 30.9 Å². The van der Waals surface area contributed by atoms with Crippen molar-refractivity contribution in [2.75, 3.05) is 12.8 Å². The zero-order valence-electron chi connectivity index (χ0n) is 10.7. The normalized spacial score (nSPS) is 10.4. The molecule has 0 bridgehead atoms. The minimum atomic E-state index is -0.212. The minimum Gasteiger partial charge on any atom is -0.469 e. The first-order valence-electron chi connectivity index (χ1n) is 6.01. The van der Waals surface area contributed by atoms with Gasteiger partial charge in [0.15, 0.2) is 5.82 Å². The van der Waals surface area contributed by atoms with Crippen molar-refractivity contribution in [3.05, 3.63) is 30.6 Å². The molecule has 0 aliphatic rings. The third-order valence-corrected chi connectivity index (χ3v) is 2.68. The molecule has 100 valence electrons. The number of methoxy groups -OCH3 is 1. The number of carbonyl (C=O) groups is 1. The van der Waals surface area contributed by atoms with Crippen LogP contribution >= 0.6 is 0 Å². The van der Waals surface area contributed by atoms with Crippen LogP contribution in [0.4, 0.5) is 5.69 Å². The van der Waals surface area contributed by atoms with Crippen LogP contribution in [0.25, 0.3) is 11.4 Å². The lowest BCUT2D eigenvalue weighted by molar-refractivity contribution is -0.140. The summed E-state index contributed by atoms with van der Waals surface area (Å²) in [7, 11) is 1.38. The van der Waals surface area contributed by atoms with Crippen LogP contribution in [0.3, 0.4) is 0 Å². The molecule has 6 nitrogen and oxygen atoms in total. The average molecular weight is 260 g/mol. The second kappa shape index (κ2) is 5.99. The number of ether oxygens (including phenoxy) is 1. The van der Waals surface area contributed by atoms with Crippen LogP contribution in [0.5, 0.6) is 0 Å². The maximum atomic E-state index is 11.0. The first-order chi connectivity index (χ1) is 9.19. The predicted octanol–water partition coefficient (Wildman–Crippen LogP) is 1.48. The lowest BCUT2D eigenvalue weighted by Crippen LogP contribution is -2.04. The van der Waals surface area contributed by atoms with E-state index in [4.69, 9.17) is 5.73 Å². The third-order valence-electron chi connectivity index (χ3n) is 2.68. The fourth-order valence-corrected chi connectivity index (χ4v) is 1.70. The molecule has 6 heteroatoms. The van der Waals surface area contributed by atoms with Crippen molar-refractivity contribution in [2.45, 2.75) is 19.4 Å². The van der Waals surface area contributed by atoms with Crippen LogP contribution in [-0.2, 0) is 16.1 Å². The number of aromatic nitrogens is 3. The Hall–Kier alpha value is -2.37. The number of aryl methyl sites for hydroxylation is 1. The molecule has 1 aromatic carbocycles. The summed E-state index contributed by atoms with van der Waals surface area (Å²) in [5.41, 5.74) is 7.28. The number of nitrogens with zero attached hydrogens (tertiary/aromatic N) is 3. The number of esters is 1. The van der Waals surface area contributed by atoms with Crippen LogP contribution in [0.2, 0.25) is 0 Å². The van der Waals surface area contributed by atoms with Gasteiger partial charge in [-0.1, -0.05) is 12.1 Å². The van der Waals surface area contributed by atoms with E-state index >= 15 is 0 Å². The van der Waals surface area contributed by atoms with Gasteiger partial charge in [0, 0.05) is 24.2 Å². The molecule has 0 atom stereocenters. The topological polar surface area (TPSA) is 83.0 Å². The van der Waals surface area contributed by atoms with Crippen molar-refractivity contribution in [2.24, 2.45) is 0 Å². The van der Waals surface area contributed by atoms with Crippen LogP contribution in [-0.4, -0.2) is 27.8 Å². The second-order valence-electron chi connectivity index (χ2n) is 4.14. The predicted molar refractivity (Wildman–Crippen MR) is 71.1 cm³/mol. The first kappa shape index (κ1) is 13.1. The second-order valence-corrected chi connectivity index (χ2v) is 4.14. The molecule has 0 saturated heterocycles. The molecular weight excluding hydrogens is 244 g/mol. The van der Waals surface area contributed by atoms with Gasteiger partial charge in [0.05, 0.1) is 7.11 Å². The Kier molecular flexibility index (Phi) is 4.12. The number of hydrogen-bond acceptors (Lipinski definition) is 5. The summed E-state index contributed by atoms with van der Waals surface area (Å²) in [6.45, 7) is 0.629. The number of anilines is 1. The standard InChI is InChI=1S/C13H16N4O2/c1-19-12(18)6-3-7-17-9-15-13(16-17)10-4-2-5-11(14)8-10/h2,4-5,8-9H,3,6-7,14H2,1H3. The van der Waals surface area contributed by atoms with E-state index in [1.165, 1.54) is 7.11 Å². The summed E-state index contributed by atoms with van der Waals surface area (Å²) in [4.78, 5) is 15.2. The van der Waals surface area contributed by atoms with Gasteiger partial charge in [-0.15, -0.1) is 0 Å². The van der Waals surface area contributed by atoms with Crippen LogP contribution in [0, 0.1) is 0 Å².